The van der Waals surface area contributed by atoms with Gasteiger partial charge in [0.1, 0.15) is 6.10 Å². The predicted molar refractivity (Wildman–Crippen MR) is 97.6 cm³/mol. The number of nitrogens with zero attached hydrogens (tertiary/aromatic N) is 1. The lowest BCUT2D eigenvalue weighted by molar-refractivity contribution is -0.157. The monoisotopic (exact) mass is 373 g/mol. The van der Waals surface area contributed by atoms with E-state index in [1.54, 1.807) is 6.07 Å². The maximum atomic E-state index is 13.4. The van der Waals surface area contributed by atoms with Gasteiger partial charge < -0.3 is 4.74 Å². The van der Waals surface area contributed by atoms with Gasteiger partial charge in [0.2, 0.25) is 0 Å². The normalized spacial score (nSPS) is 28.6. The fourth-order valence-corrected chi connectivity index (χ4v) is 4.27. The summed E-state index contributed by atoms with van der Waals surface area (Å²) < 4.78 is 32.2. The third-order valence-corrected chi connectivity index (χ3v) is 5.92. The number of hydrogen-bond donors (Lipinski definition) is 0. The van der Waals surface area contributed by atoms with Gasteiger partial charge in [-0.25, -0.2) is 8.78 Å². The van der Waals surface area contributed by atoms with Gasteiger partial charge in [-0.05, 0) is 80.9 Å². The molecule has 0 N–H and O–H groups in total. The molecule has 1 aromatic rings. The Balaban J connectivity index is 1.44. The lowest BCUT2D eigenvalue weighted by atomic mass is 9.78. The molecule has 0 aliphatic heterocycles. The van der Waals surface area contributed by atoms with Crippen molar-refractivity contribution in [3.63, 3.8) is 0 Å². The van der Waals surface area contributed by atoms with E-state index in [1.165, 1.54) is 18.2 Å². The second-order valence-electron chi connectivity index (χ2n) is 7.68. The van der Waals surface area contributed by atoms with Gasteiger partial charge in [-0.1, -0.05) is 12.1 Å². The van der Waals surface area contributed by atoms with Crippen LogP contribution in [-0.2, 0) is 9.53 Å². The molecule has 2 fully saturated rings. The Morgan fingerprint density at radius 2 is 1.74 bits per heavy atom. The number of carbonyl (C=O) groups is 1. The highest BCUT2D eigenvalue weighted by molar-refractivity contribution is 5.72. The molecule has 0 bridgehead atoms. The van der Waals surface area contributed by atoms with Crippen LogP contribution >= 0.6 is 0 Å². The lowest BCUT2D eigenvalue weighted by Gasteiger charge is -2.31. The van der Waals surface area contributed by atoms with Gasteiger partial charge in [-0.3, -0.25) is 4.79 Å². The molecule has 2 aliphatic rings. The van der Waals surface area contributed by atoms with Gasteiger partial charge in [0.05, 0.1) is 12.0 Å². The van der Waals surface area contributed by atoms with E-state index in [2.05, 4.69) is 0 Å². The minimum Gasteiger partial charge on any atom is -0.462 e. The zero-order valence-electron chi connectivity index (χ0n) is 15.4. The van der Waals surface area contributed by atoms with Crippen molar-refractivity contribution < 1.29 is 18.3 Å². The molecule has 0 unspecified atom stereocenters. The first-order valence-electron chi connectivity index (χ1n) is 9.78. The van der Waals surface area contributed by atoms with Crippen molar-refractivity contribution in [1.29, 1.82) is 5.26 Å². The molecule has 2 saturated carbocycles. The van der Waals surface area contributed by atoms with E-state index in [-0.39, 0.29) is 23.9 Å². The molecule has 3 nitrogen and oxygen atoms in total. The average molecular weight is 373 g/mol. The van der Waals surface area contributed by atoms with Gasteiger partial charge in [-0.2, -0.15) is 5.26 Å². The van der Waals surface area contributed by atoms with Crippen LogP contribution in [0.4, 0.5) is 8.78 Å². The molecule has 1 aromatic carbocycles. The Hall–Kier alpha value is -2.22. The topological polar surface area (TPSA) is 50.1 Å². The molecule has 0 aromatic heterocycles. The van der Waals surface area contributed by atoms with Crippen LogP contribution in [0.15, 0.2) is 30.4 Å². The van der Waals surface area contributed by atoms with Crippen LogP contribution in [0.3, 0.4) is 0 Å². The summed E-state index contributed by atoms with van der Waals surface area (Å²) in [6, 6.07) is 6.11. The number of carbonyl (C=O) groups excluding carboxylic acids is 1. The molecule has 2 aliphatic carbocycles. The number of nitriles is 1. The van der Waals surface area contributed by atoms with Gasteiger partial charge in [-0.15, -0.1) is 0 Å². The van der Waals surface area contributed by atoms with Crippen molar-refractivity contribution in [2.24, 2.45) is 11.8 Å². The smallest absolute Gasteiger partial charge is 0.309 e. The molecule has 5 heteroatoms. The van der Waals surface area contributed by atoms with Crippen LogP contribution in [0.2, 0.25) is 0 Å². The van der Waals surface area contributed by atoms with Gasteiger partial charge in [0.15, 0.2) is 11.6 Å². The Labute approximate surface area is 159 Å². The maximum Gasteiger partial charge on any atom is 0.309 e. The second-order valence-corrected chi connectivity index (χ2v) is 7.68. The summed E-state index contributed by atoms with van der Waals surface area (Å²) in [5, 5.41) is 8.59. The first-order valence-corrected chi connectivity index (χ1v) is 9.78. The minimum atomic E-state index is -0.825. The standard InChI is InChI=1S/C22H25F2NO2/c23-20-12-9-18(14-21(20)24)16-5-7-17(8-6-16)22(26)27-19-10-3-15(4-11-19)2-1-13-25/h1-2,9,12,14-17,19H,3-8,10-11H2/b2-1+/t15?,16-,17-,19?. The Kier molecular flexibility index (Phi) is 6.60. The van der Waals surface area contributed by atoms with E-state index < -0.39 is 11.6 Å². The number of halogens is 2. The third kappa shape index (κ3) is 5.15. The van der Waals surface area contributed by atoms with Crippen molar-refractivity contribution in [3.8, 4) is 6.07 Å². The minimum absolute atomic E-state index is 0.0202. The molecule has 0 saturated heterocycles. The molecular formula is C22H25F2NO2. The molecular weight excluding hydrogens is 348 g/mol. The van der Waals surface area contributed by atoms with Crippen LogP contribution in [0.5, 0.6) is 0 Å². The zero-order chi connectivity index (χ0) is 19.2. The summed E-state index contributed by atoms with van der Waals surface area (Å²) in [6.45, 7) is 0. The number of esters is 1. The predicted octanol–water partition coefficient (Wildman–Crippen LogP) is 5.42. The largest absolute Gasteiger partial charge is 0.462 e. The molecule has 144 valence electrons. The number of rotatable bonds is 4. The molecule has 27 heavy (non-hydrogen) atoms. The van der Waals surface area contributed by atoms with E-state index in [1.807, 2.05) is 12.1 Å². The summed E-state index contributed by atoms with van der Waals surface area (Å²) in [7, 11) is 0. The van der Waals surface area contributed by atoms with Crippen LogP contribution < -0.4 is 0 Å². The van der Waals surface area contributed by atoms with E-state index in [0.29, 0.717) is 5.92 Å². The second kappa shape index (κ2) is 9.12. The molecule has 0 spiro atoms. The zero-order valence-corrected chi connectivity index (χ0v) is 15.4. The Bertz CT molecular complexity index is 724. The highest BCUT2D eigenvalue weighted by Crippen LogP contribution is 2.37. The SMILES string of the molecule is N#C/C=C/C1CCC(OC(=O)[C@H]2CC[C@H](c3ccc(F)c(F)c3)CC2)CC1. The van der Waals surface area contributed by atoms with E-state index in [9.17, 15) is 13.6 Å². The number of hydrogen-bond acceptors (Lipinski definition) is 3. The van der Waals surface area contributed by atoms with Crippen molar-refractivity contribution in [3.05, 3.63) is 47.5 Å². The van der Waals surface area contributed by atoms with Crippen LogP contribution in [-0.4, -0.2) is 12.1 Å². The van der Waals surface area contributed by atoms with Crippen molar-refractivity contribution in [2.45, 2.75) is 63.4 Å². The van der Waals surface area contributed by atoms with Crippen molar-refractivity contribution in [2.75, 3.05) is 0 Å². The molecule has 3 rings (SSSR count). The first-order chi connectivity index (χ1) is 13.1. The molecule has 0 amide bonds. The molecule has 0 heterocycles. The van der Waals surface area contributed by atoms with E-state index in [4.69, 9.17) is 10.00 Å². The fourth-order valence-electron chi connectivity index (χ4n) is 4.27. The third-order valence-electron chi connectivity index (χ3n) is 5.92. The quantitative estimate of drug-likeness (QED) is 0.523. The summed E-state index contributed by atoms with van der Waals surface area (Å²) >= 11 is 0. The van der Waals surface area contributed by atoms with Gasteiger partial charge in [0, 0.05) is 6.08 Å². The summed E-state index contributed by atoms with van der Waals surface area (Å²) in [5.74, 6) is -1.27. The van der Waals surface area contributed by atoms with Gasteiger partial charge >= 0.3 is 5.97 Å². The highest BCUT2D eigenvalue weighted by atomic mass is 19.2. The molecule has 0 radical (unpaired) electrons. The lowest BCUT2D eigenvalue weighted by Crippen LogP contribution is -2.29. The van der Waals surface area contributed by atoms with Gasteiger partial charge in [0.25, 0.3) is 0 Å². The average Bonchev–Trinajstić information content (AvgIpc) is 2.69. The fraction of sp³-hybridized carbons (Fsp3) is 0.545. The Morgan fingerprint density at radius 3 is 2.37 bits per heavy atom. The Morgan fingerprint density at radius 1 is 1.04 bits per heavy atom. The van der Waals surface area contributed by atoms with E-state index in [0.717, 1.165) is 56.9 Å². The van der Waals surface area contributed by atoms with Crippen LogP contribution in [0.25, 0.3) is 0 Å². The number of allylic oxidation sites excluding steroid dienone is 2. The first kappa shape index (κ1) is 19.5. The highest BCUT2D eigenvalue weighted by Gasteiger charge is 2.31. The number of benzene rings is 1. The van der Waals surface area contributed by atoms with Crippen molar-refractivity contribution >= 4 is 5.97 Å². The summed E-state index contributed by atoms with van der Waals surface area (Å²) in [6.07, 6.45) is 10.1. The van der Waals surface area contributed by atoms with Crippen LogP contribution in [0.1, 0.15) is 62.8 Å². The van der Waals surface area contributed by atoms with Crippen LogP contribution in [0, 0.1) is 34.8 Å². The molecule has 0 atom stereocenters. The maximum absolute atomic E-state index is 13.4. The van der Waals surface area contributed by atoms with Crippen molar-refractivity contribution in [1.82, 2.24) is 0 Å². The number of ether oxygens (including phenoxy) is 1. The summed E-state index contributed by atoms with van der Waals surface area (Å²) in [4.78, 5) is 12.5. The summed E-state index contributed by atoms with van der Waals surface area (Å²) in [5.41, 5.74) is 0.810. The van der Waals surface area contributed by atoms with E-state index >= 15 is 0 Å².